The fourth-order valence-electron chi connectivity index (χ4n) is 3.42. The molecule has 0 spiro atoms. The number of aliphatic hydroxyl groups is 1. The third-order valence-corrected chi connectivity index (χ3v) is 4.82. The number of aliphatic hydroxyl groups excluding tert-OH is 1. The minimum absolute atomic E-state index is 0.0352. The van der Waals surface area contributed by atoms with Crippen molar-refractivity contribution in [1.82, 2.24) is 0 Å². The Labute approximate surface area is 151 Å². The zero-order valence-corrected chi connectivity index (χ0v) is 15.5. The maximum atomic E-state index is 12.4. The summed E-state index contributed by atoms with van der Waals surface area (Å²) in [5, 5.41) is 8.89. The van der Waals surface area contributed by atoms with Gasteiger partial charge in [-0.25, -0.2) is 0 Å². The van der Waals surface area contributed by atoms with E-state index >= 15 is 0 Å². The molecule has 4 heteroatoms. The first-order chi connectivity index (χ1) is 12.2. The van der Waals surface area contributed by atoms with Crippen LogP contribution in [0.5, 0.6) is 0 Å². The topological polar surface area (TPSA) is 49.8 Å². The Morgan fingerprint density at radius 2 is 1.92 bits per heavy atom. The summed E-state index contributed by atoms with van der Waals surface area (Å²) >= 11 is 0. The van der Waals surface area contributed by atoms with Crippen molar-refractivity contribution in [3.63, 3.8) is 0 Å². The summed E-state index contributed by atoms with van der Waals surface area (Å²) < 4.78 is 5.68. The van der Waals surface area contributed by atoms with Crippen molar-refractivity contribution in [2.75, 3.05) is 25.2 Å². The van der Waals surface area contributed by atoms with Gasteiger partial charge < -0.3 is 14.7 Å². The third kappa shape index (κ3) is 5.68. The fourth-order valence-corrected chi connectivity index (χ4v) is 3.42. The van der Waals surface area contributed by atoms with Gasteiger partial charge in [-0.05, 0) is 37.0 Å². The summed E-state index contributed by atoms with van der Waals surface area (Å²) in [6.45, 7) is 3.09. The number of carbonyl (C=O) groups is 1. The molecule has 138 valence electrons. The number of rotatable bonds is 7. The maximum Gasteiger partial charge on any atom is 0.226 e. The molecule has 1 aromatic rings. The van der Waals surface area contributed by atoms with Crippen LogP contribution in [0.3, 0.4) is 0 Å². The number of benzene rings is 1. The van der Waals surface area contributed by atoms with Crippen molar-refractivity contribution >= 4 is 11.6 Å². The number of hydrogen-bond acceptors (Lipinski definition) is 3. The summed E-state index contributed by atoms with van der Waals surface area (Å²) in [7, 11) is 1.72. The predicted molar refractivity (Wildman–Crippen MR) is 102 cm³/mol. The molecule has 0 saturated carbocycles. The van der Waals surface area contributed by atoms with E-state index in [0.717, 1.165) is 37.1 Å². The van der Waals surface area contributed by atoms with Gasteiger partial charge in [0.25, 0.3) is 0 Å². The van der Waals surface area contributed by atoms with Gasteiger partial charge in [0, 0.05) is 38.3 Å². The van der Waals surface area contributed by atoms with Gasteiger partial charge in [-0.3, -0.25) is 4.79 Å². The Bertz CT molecular complexity index is 553. The number of methoxy groups -OCH3 is 1. The summed E-state index contributed by atoms with van der Waals surface area (Å²) in [6.07, 6.45) is 9.78. The zero-order chi connectivity index (χ0) is 18.1. The average Bonchev–Trinajstić information content (AvgIpc) is 2.60. The maximum absolute atomic E-state index is 12.4. The Hall–Kier alpha value is -1.65. The smallest absolute Gasteiger partial charge is 0.226 e. The molecule has 2 rings (SSSR count). The predicted octanol–water partition coefficient (Wildman–Crippen LogP) is 4.25. The van der Waals surface area contributed by atoms with Gasteiger partial charge >= 0.3 is 0 Å². The number of carbonyl (C=O) groups excluding carboxylic acids is 1. The molecule has 1 aromatic carbocycles. The number of nitrogens with zero attached hydrogens (tertiary/aromatic N) is 1. The second kappa shape index (κ2) is 10.4. The number of ether oxygens (including phenoxy) is 1. The second-order valence-corrected chi connectivity index (χ2v) is 6.76. The SMILES string of the molecule is CO[C@H](c1ccc(N2CCCCCCC2=O)cc1)[C@H](C)/C=C/CCO. The van der Waals surface area contributed by atoms with E-state index in [1.165, 1.54) is 6.42 Å². The number of amides is 1. The molecule has 1 aliphatic rings. The van der Waals surface area contributed by atoms with Crippen LogP contribution in [0.25, 0.3) is 0 Å². The molecule has 2 atom stereocenters. The van der Waals surface area contributed by atoms with Crippen molar-refractivity contribution in [3.8, 4) is 0 Å². The molecule has 0 bridgehead atoms. The Morgan fingerprint density at radius 1 is 1.20 bits per heavy atom. The molecule has 0 radical (unpaired) electrons. The summed E-state index contributed by atoms with van der Waals surface area (Å²) in [5.74, 6) is 0.446. The van der Waals surface area contributed by atoms with Crippen molar-refractivity contribution in [3.05, 3.63) is 42.0 Å². The highest BCUT2D eigenvalue weighted by atomic mass is 16.5. The lowest BCUT2D eigenvalue weighted by Crippen LogP contribution is -2.32. The molecule has 4 nitrogen and oxygen atoms in total. The monoisotopic (exact) mass is 345 g/mol. The Balaban J connectivity index is 2.09. The van der Waals surface area contributed by atoms with E-state index in [2.05, 4.69) is 25.1 Å². The van der Waals surface area contributed by atoms with Gasteiger partial charge in [-0.15, -0.1) is 0 Å². The molecule has 1 aliphatic heterocycles. The van der Waals surface area contributed by atoms with E-state index in [-0.39, 0.29) is 24.5 Å². The van der Waals surface area contributed by atoms with Crippen molar-refractivity contribution in [2.24, 2.45) is 5.92 Å². The standard InChI is InChI=1S/C21H31NO3/c1-17(9-6-8-16-23)21(25-2)18-11-13-19(14-12-18)22-15-7-4-3-5-10-20(22)24/h6,9,11-14,17,21,23H,3-5,7-8,10,15-16H2,1-2H3/b9-6+/t17-,21+/m1/s1. The highest BCUT2D eigenvalue weighted by Crippen LogP contribution is 2.29. The lowest BCUT2D eigenvalue weighted by molar-refractivity contribution is -0.118. The molecule has 1 amide bonds. The molecule has 0 aromatic heterocycles. The zero-order valence-electron chi connectivity index (χ0n) is 15.5. The molecule has 0 unspecified atom stereocenters. The van der Waals surface area contributed by atoms with Gasteiger partial charge in [0.15, 0.2) is 0 Å². The first-order valence-corrected chi connectivity index (χ1v) is 9.38. The van der Waals surface area contributed by atoms with Gasteiger partial charge in [0.1, 0.15) is 0 Å². The highest BCUT2D eigenvalue weighted by Gasteiger charge is 2.20. The van der Waals surface area contributed by atoms with Crippen LogP contribution in [0.4, 0.5) is 5.69 Å². The summed E-state index contributed by atoms with van der Waals surface area (Å²) in [5.41, 5.74) is 2.08. The van der Waals surface area contributed by atoms with Crippen molar-refractivity contribution in [2.45, 2.75) is 51.6 Å². The summed E-state index contributed by atoms with van der Waals surface area (Å²) in [6, 6.07) is 8.19. The first kappa shape index (κ1) is 19.7. The van der Waals surface area contributed by atoms with Crippen LogP contribution in [-0.4, -0.2) is 31.3 Å². The molecular formula is C21H31NO3. The molecule has 25 heavy (non-hydrogen) atoms. The van der Waals surface area contributed by atoms with E-state index in [0.29, 0.717) is 12.8 Å². The first-order valence-electron chi connectivity index (χ1n) is 9.38. The highest BCUT2D eigenvalue weighted by molar-refractivity contribution is 5.93. The molecule has 1 saturated heterocycles. The van der Waals surface area contributed by atoms with Crippen LogP contribution in [0.2, 0.25) is 0 Å². The van der Waals surface area contributed by atoms with Gasteiger partial charge in [0.2, 0.25) is 5.91 Å². The van der Waals surface area contributed by atoms with Crippen LogP contribution < -0.4 is 4.90 Å². The fraction of sp³-hybridized carbons (Fsp3) is 0.571. The quantitative estimate of drug-likeness (QED) is 0.752. The lowest BCUT2D eigenvalue weighted by atomic mass is 9.96. The molecule has 0 aliphatic carbocycles. The molecule has 1 heterocycles. The van der Waals surface area contributed by atoms with Crippen LogP contribution in [0.15, 0.2) is 36.4 Å². The Morgan fingerprint density at radius 3 is 2.60 bits per heavy atom. The molecule has 1 N–H and O–H groups in total. The Kier molecular flexibility index (Phi) is 8.16. The van der Waals surface area contributed by atoms with Crippen LogP contribution in [0, 0.1) is 5.92 Å². The van der Waals surface area contributed by atoms with E-state index in [9.17, 15) is 4.79 Å². The van der Waals surface area contributed by atoms with E-state index in [1.807, 2.05) is 23.1 Å². The minimum Gasteiger partial charge on any atom is -0.396 e. The van der Waals surface area contributed by atoms with Crippen molar-refractivity contribution in [1.29, 1.82) is 0 Å². The third-order valence-electron chi connectivity index (χ3n) is 4.82. The average molecular weight is 345 g/mol. The van der Waals surface area contributed by atoms with E-state index < -0.39 is 0 Å². The van der Waals surface area contributed by atoms with E-state index in [1.54, 1.807) is 7.11 Å². The van der Waals surface area contributed by atoms with Crippen LogP contribution in [-0.2, 0) is 9.53 Å². The lowest BCUT2D eigenvalue weighted by Gasteiger charge is -2.26. The van der Waals surface area contributed by atoms with Crippen molar-refractivity contribution < 1.29 is 14.6 Å². The van der Waals surface area contributed by atoms with Crippen LogP contribution >= 0.6 is 0 Å². The molecular weight excluding hydrogens is 314 g/mol. The van der Waals surface area contributed by atoms with Gasteiger partial charge in [-0.2, -0.15) is 0 Å². The molecule has 1 fully saturated rings. The number of hydrogen-bond donors (Lipinski definition) is 1. The van der Waals surface area contributed by atoms with E-state index in [4.69, 9.17) is 9.84 Å². The van der Waals surface area contributed by atoms with Gasteiger partial charge in [0.05, 0.1) is 6.10 Å². The normalized spacial score (nSPS) is 18.8. The largest absolute Gasteiger partial charge is 0.396 e. The second-order valence-electron chi connectivity index (χ2n) is 6.76. The minimum atomic E-state index is -0.0352. The van der Waals surface area contributed by atoms with Crippen LogP contribution in [0.1, 0.15) is 57.1 Å². The van der Waals surface area contributed by atoms with Gasteiger partial charge in [-0.1, -0.05) is 44.1 Å². The number of anilines is 1. The summed E-state index contributed by atoms with van der Waals surface area (Å²) in [4.78, 5) is 14.3.